The highest BCUT2D eigenvalue weighted by atomic mass is 35.5. The molecule has 0 aliphatic heterocycles. The first-order valence-electron chi connectivity index (χ1n) is 5.44. The first-order valence-corrected chi connectivity index (χ1v) is 5.82. The number of carbonyl (C=O) groups excluding carboxylic acids is 1. The van der Waals surface area contributed by atoms with Gasteiger partial charge in [0.05, 0.1) is 0 Å². The molecule has 0 saturated carbocycles. The standard InChI is InChI=1S/C13H16ClFO/c1-9(2)3-6-12(16)7-10-4-5-11(15)8-13(10)14/h4-5,8-9H,3,6-7H2,1-2H3. The molecule has 0 aromatic heterocycles. The smallest absolute Gasteiger partial charge is 0.137 e. The summed E-state index contributed by atoms with van der Waals surface area (Å²) >= 11 is 5.84. The quantitative estimate of drug-likeness (QED) is 0.762. The highest BCUT2D eigenvalue weighted by molar-refractivity contribution is 6.31. The van der Waals surface area contributed by atoms with E-state index >= 15 is 0 Å². The predicted molar refractivity (Wildman–Crippen MR) is 64.2 cm³/mol. The summed E-state index contributed by atoms with van der Waals surface area (Å²) in [5, 5.41) is 0.331. The zero-order valence-corrected chi connectivity index (χ0v) is 10.4. The molecule has 0 N–H and O–H groups in total. The third-order valence-electron chi connectivity index (χ3n) is 2.40. The van der Waals surface area contributed by atoms with Gasteiger partial charge in [-0.15, -0.1) is 0 Å². The molecule has 0 spiro atoms. The number of hydrogen-bond acceptors (Lipinski definition) is 1. The molecule has 0 aliphatic rings. The van der Waals surface area contributed by atoms with E-state index in [0.29, 0.717) is 29.3 Å². The van der Waals surface area contributed by atoms with Gasteiger partial charge in [0.2, 0.25) is 0 Å². The Morgan fingerprint density at radius 1 is 1.44 bits per heavy atom. The second-order valence-electron chi connectivity index (χ2n) is 4.38. The number of Topliss-reactive ketones (excluding diaryl/α,β-unsaturated/α-hetero) is 1. The van der Waals surface area contributed by atoms with E-state index in [1.807, 2.05) is 0 Å². The van der Waals surface area contributed by atoms with Gasteiger partial charge in [0, 0.05) is 17.9 Å². The Labute approximate surface area is 101 Å². The van der Waals surface area contributed by atoms with E-state index in [0.717, 1.165) is 6.42 Å². The van der Waals surface area contributed by atoms with E-state index in [2.05, 4.69) is 13.8 Å². The molecule has 88 valence electrons. The predicted octanol–water partition coefficient (Wildman–Crippen LogP) is 4.03. The lowest BCUT2D eigenvalue weighted by atomic mass is 10.0. The van der Waals surface area contributed by atoms with E-state index in [1.165, 1.54) is 12.1 Å². The van der Waals surface area contributed by atoms with Crippen LogP contribution >= 0.6 is 11.6 Å². The monoisotopic (exact) mass is 242 g/mol. The second-order valence-corrected chi connectivity index (χ2v) is 4.79. The SMILES string of the molecule is CC(C)CCC(=O)Cc1ccc(F)cc1Cl. The number of benzene rings is 1. The lowest BCUT2D eigenvalue weighted by Gasteiger charge is -2.05. The van der Waals surface area contributed by atoms with Crippen molar-refractivity contribution in [2.45, 2.75) is 33.1 Å². The molecule has 0 bridgehead atoms. The number of carbonyl (C=O) groups is 1. The fourth-order valence-electron chi connectivity index (χ4n) is 1.42. The molecule has 3 heteroatoms. The normalized spacial score (nSPS) is 10.8. The maximum absolute atomic E-state index is 12.8. The topological polar surface area (TPSA) is 17.1 Å². The molecular formula is C13H16ClFO. The van der Waals surface area contributed by atoms with Crippen molar-refractivity contribution < 1.29 is 9.18 Å². The van der Waals surface area contributed by atoms with Crippen molar-refractivity contribution in [3.63, 3.8) is 0 Å². The molecule has 1 rings (SSSR count). The minimum atomic E-state index is -0.372. The molecule has 0 unspecified atom stereocenters. The molecule has 0 radical (unpaired) electrons. The van der Waals surface area contributed by atoms with E-state index in [4.69, 9.17) is 11.6 Å². The minimum Gasteiger partial charge on any atom is -0.299 e. The lowest BCUT2D eigenvalue weighted by molar-refractivity contribution is -0.118. The van der Waals surface area contributed by atoms with Crippen molar-refractivity contribution in [3.8, 4) is 0 Å². The van der Waals surface area contributed by atoms with Gasteiger partial charge >= 0.3 is 0 Å². The summed E-state index contributed by atoms with van der Waals surface area (Å²) in [6, 6.07) is 4.15. The summed E-state index contributed by atoms with van der Waals surface area (Å²) in [6.45, 7) is 4.16. The van der Waals surface area contributed by atoms with Gasteiger partial charge in [0.15, 0.2) is 0 Å². The largest absolute Gasteiger partial charge is 0.299 e. The first-order chi connectivity index (χ1) is 7.49. The molecule has 16 heavy (non-hydrogen) atoms. The molecule has 1 nitrogen and oxygen atoms in total. The molecule has 0 aliphatic carbocycles. The van der Waals surface area contributed by atoms with Crippen molar-refractivity contribution in [2.75, 3.05) is 0 Å². The van der Waals surface area contributed by atoms with Crippen LogP contribution in [0.3, 0.4) is 0 Å². The van der Waals surface area contributed by atoms with Gasteiger partial charge in [-0.1, -0.05) is 31.5 Å². The highest BCUT2D eigenvalue weighted by Gasteiger charge is 2.08. The Bertz CT molecular complexity index is 374. The van der Waals surface area contributed by atoms with Gasteiger partial charge in [-0.25, -0.2) is 4.39 Å². The zero-order chi connectivity index (χ0) is 12.1. The van der Waals surface area contributed by atoms with E-state index < -0.39 is 0 Å². The van der Waals surface area contributed by atoms with Gasteiger partial charge in [-0.2, -0.15) is 0 Å². The molecule has 1 aromatic rings. The summed E-state index contributed by atoms with van der Waals surface area (Å²) in [5.74, 6) is 0.304. The maximum atomic E-state index is 12.8. The molecular weight excluding hydrogens is 227 g/mol. The van der Waals surface area contributed by atoms with Gasteiger partial charge in [-0.3, -0.25) is 4.79 Å². The van der Waals surface area contributed by atoms with E-state index in [1.54, 1.807) is 6.07 Å². The Morgan fingerprint density at radius 3 is 2.69 bits per heavy atom. The summed E-state index contributed by atoms with van der Waals surface area (Å²) in [4.78, 5) is 11.6. The highest BCUT2D eigenvalue weighted by Crippen LogP contribution is 2.19. The lowest BCUT2D eigenvalue weighted by Crippen LogP contribution is -2.05. The van der Waals surface area contributed by atoms with Crippen LogP contribution < -0.4 is 0 Å². The van der Waals surface area contributed by atoms with Crippen molar-refractivity contribution in [1.29, 1.82) is 0 Å². The molecule has 0 atom stereocenters. The average Bonchev–Trinajstić information content (AvgIpc) is 2.19. The van der Waals surface area contributed by atoms with E-state index in [9.17, 15) is 9.18 Å². The van der Waals surface area contributed by atoms with Gasteiger partial charge in [0.25, 0.3) is 0 Å². The summed E-state index contributed by atoms with van der Waals surface area (Å²) in [6.07, 6.45) is 1.74. The van der Waals surface area contributed by atoms with Gasteiger partial charge in [-0.05, 0) is 30.0 Å². The van der Waals surface area contributed by atoms with Crippen LogP contribution in [0, 0.1) is 11.7 Å². The molecule has 0 heterocycles. The minimum absolute atomic E-state index is 0.155. The Balaban J connectivity index is 2.56. The summed E-state index contributed by atoms with van der Waals surface area (Å²) in [5.41, 5.74) is 0.705. The van der Waals surface area contributed by atoms with Crippen LogP contribution in [-0.2, 0) is 11.2 Å². The van der Waals surface area contributed by atoms with Crippen molar-refractivity contribution >= 4 is 17.4 Å². The molecule has 0 saturated heterocycles. The molecule has 0 fully saturated rings. The van der Waals surface area contributed by atoms with Gasteiger partial charge in [0.1, 0.15) is 11.6 Å². The summed E-state index contributed by atoms with van der Waals surface area (Å²) in [7, 11) is 0. The maximum Gasteiger partial charge on any atom is 0.137 e. The third-order valence-corrected chi connectivity index (χ3v) is 2.76. The van der Waals surface area contributed by atoms with Crippen LogP contribution in [0.25, 0.3) is 0 Å². The Morgan fingerprint density at radius 2 is 2.12 bits per heavy atom. The van der Waals surface area contributed by atoms with Crippen molar-refractivity contribution in [2.24, 2.45) is 5.92 Å². The zero-order valence-electron chi connectivity index (χ0n) is 9.59. The number of ketones is 1. The van der Waals surface area contributed by atoms with Crippen LogP contribution in [0.4, 0.5) is 4.39 Å². The number of hydrogen-bond donors (Lipinski definition) is 0. The van der Waals surface area contributed by atoms with Crippen LogP contribution in [0.15, 0.2) is 18.2 Å². The van der Waals surface area contributed by atoms with Crippen LogP contribution in [0.5, 0.6) is 0 Å². The van der Waals surface area contributed by atoms with E-state index in [-0.39, 0.29) is 11.6 Å². The fourth-order valence-corrected chi connectivity index (χ4v) is 1.65. The Kier molecular flexibility index (Phi) is 4.94. The molecule has 0 amide bonds. The van der Waals surface area contributed by atoms with Crippen LogP contribution in [0.1, 0.15) is 32.3 Å². The van der Waals surface area contributed by atoms with Crippen molar-refractivity contribution in [1.82, 2.24) is 0 Å². The van der Waals surface area contributed by atoms with Crippen LogP contribution in [0.2, 0.25) is 5.02 Å². The van der Waals surface area contributed by atoms with Gasteiger partial charge < -0.3 is 0 Å². The molecule has 1 aromatic carbocycles. The first kappa shape index (κ1) is 13.2. The van der Waals surface area contributed by atoms with Crippen LogP contribution in [-0.4, -0.2) is 5.78 Å². The fraction of sp³-hybridized carbons (Fsp3) is 0.462. The number of rotatable bonds is 5. The summed E-state index contributed by atoms with van der Waals surface area (Å²) < 4.78 is 12.8. The third kappa shape index (κ3) is 4.31. The Hall–Kier alpha value is -0.890. The second kappa shape index (κ2) is 6.00. The van der Waals surface area contributed by atoms with Crippen molar-refractivity contribution in [3.05, 3.63) is 34.6 Å². The average molecular weight is 243 g/mol. The number of halogens is 2.